The summed E-state index contributed by atoms with van der Waals surface area (Å²) in [6.07, 6.45) is 0. The van der Waals surface area contributed by atoms with Gasteiger partial charge in [0.25, 0.3) is 0 Å². The van der Waals surface area contributed by atoms with E-state index in [1.54, 1.807) is 0 Å². The number of hydrogen-bond acceptors (Lipinski definition) is 5. The van der Waals surface area contributed by atoms with Crippen molar-refractivity contribution in [3.05, 3.63) is 62.1 Å². The fourth-order valence-corrected chi connectivity index (χ4v) is 2.12. The Kier molecular flexibility index (Phi) is 4.85. The van der Waals surface area contributed by atoms with Crippen molar-refractivity contribution < 1.29 is 19.2 Å². The highest BCUT2D eigenvalue weighted by molar-refractivity contribution is 6.35. The summed E-state index contributed by atoms with van der Waals surface area (Å²) in [6, 6.07) is 8.11. The summed E-state index contributed by atoms with van der Waals surface area (Å²) < 4.78 is 9.96. The van der Waals surface area contributed by atoms with E-state index in [4.69, 9.17) is 32.7 Å². The van der Waals surface area contributed by atoms with Gasteiger partial charge in [-0.15, -0.1) is 0 Å². The summed E-state index contributed by atoms with van der Waals surface area (Å²) in [7, 11) is 1.30. The van der Waals surface area contributed by atoms with Gasteiger partial charge in [-0.25, -0.2) is 4.79 Å². The number of rotatable bonds is 4. The van der Waals surface area contributed by atoms with E-state index in [1.807, 2.05) is 0 Å². The molecule has 0 spiro atoms. The number of esters is 1. The molecule has 0 radical (unpaired) electrons. The van der Waals surface area contributed by atoms with Crippen molar-refractivity contribution in [2.45, 2.75) is 0 Å². The first-order chi connectivity index (χ1) is 10.4. The number of nitro groups is 1. The lowest BCUT2D eigenvalue weighted by atomic mass is 10.2. The van der Waals surface area contributed by atoms with Crippen LogP contribution in [0.3, 0.4) is 0 Å². The van der Waals surface area contributed by atoms with E-state index < -0.39 is 10.9 Å². The van der Waals surface area contributed by atoms with Crippen molar-refractivity contribution >= 4 is 34.9 Å². The van der Waals surface area contributed by atoms with Crippen molar-refractivity contribution in [2.75, 3.05) is 7.11 Å². The van der Waals surface area contributed by atoms with Crippen molar-refractivity contribution in [3.63, 3.8) is 0 Å². The minimum absolute atomic E-state index is 0.00137. The SMILES string of the molecule is COc1ccc(C(=O)Oc2ccc(Cl)cc2Cl)cc1[N+](=O)[O-]. The van der Waals surface area contributed by atoms with Gasteiger partial charge in [-0.1, -0.05) is 23.2 Å². The highest BCUT2D eigenvalue weighted by Crippen LogP contribution is 2.30. The average molecular weight is 342 g/mol. The zero-order valence-corrected chi connectivity index (χ0v) is 12.7. The fraction of sp³-hybridized carbons (Fsp3) is 0.0714. The Balaban J connectivity index is 2.30. The number of hydrogen-bond donors (Lipinski definition) is 0. The molecule has 0 unspecified atom stereocenters. The van der Waals surface area contributed by atoms with Crippen LogP contribution in [-0.4, -0.2) is 18.0 Å². The molecular formula is C14H9Cl2NO5. The Morgan fingerprint density at radius 2 is 1.82 bits per heavy atom. The van der Waals surface area contributed by atoms with Gasteiger partial charge in [0.1, 0.15) is 5.75 Å². The van der Waals surface area contributed by atoms with Crippen LogP contribution in [0.2, 0.25) is 10.0 Å². The van der Waals surface area contributed by atoms with E-state index in [0.29, 0.717) is 5.02 Å². The van der Waals surface area contributed by atoms with Crippen LogP contribution >= 0.6 is 23.2 Å². The first-order valence-electron chi connectivity index (χ1n) is 5.92. The van der Waals surface area contributed by atoms with Crippen LogP contribution in [0.25, 0.3) is 0 Å². The molecule has 0 atom stereocenters. The minimum Gasteiger partial charge on any atom is -0.490 e. The highest BCUT2D eigenvalue weighted by Gasteiger charge is 2.19. The molecule has 22 heavy (non-hydrogen) atoms. The van der Waals surface area contributed by atoms with Crippen LogP contribution in [0.4, 0.5) is 5.69 Å². The molecule has 0 saturated heterocycles. The smallest absolute Gasteiger partial charge is 0.343 e. The third kappa shape index (κ3) is 3.47. The van der Waals surface area contributed by atoms with Gasteiger partial charge < -0.3 is 9.47 Å². The number of methoxy groups -OCH3 is 1. The fourth-order valence-electron chi connectivity index (χ4n) is 1.68. The predicted molar refractivity (Wildman–Crippen MR) is 81.1 cm³/mol. The van der Waals surface area contributed by atoms with E-state index >= 15 is 0 Å². The number of ether oxygens (including phenoxy) is 2. The van der Waals surface area contributed by atoms with E-state index in [0.717, 1.165) is 6.07 Å². The second-order valence-electron chi connectivity index (χ2n) is 4.11. The van der Waals surface area contributed by atoms with Crippen molar-refractivity contribution in [1.82, 2.24) is 0 Å². The third-order valence-corrected chi connectivity index (χ3v) is 3.24. The molecule has 114 valence electrons. The minimum atomic E-state index is -0.782. The van der Waals surface area contributed by atoms with E-state index in [-0.39, 0.29) is 27.8 Å². The first kappa shape index (κ1) is 16.1. The van der Waals surface area contributed by atoms with Gasteiger partial charge >= 0.3 is 11.7 Å². The standard InChI is InChI=1S/C14H9Cl2NO5/c1-21-13-4-2-8(6-11(13)17(19)20)14(18)22-12-5-3-9(15)7-10(12)16/h2-7H,1H3. The van der Waals surface area contributed by atoms with Crippen molar-refractivity contribution in [1.29, 1.82) is 0 Å². The lowest BCUT2D eigenvalue weighted by Gasteiger charge is -2.07. The molecule has 0 aliphatic carbocycles. The summed E-state index contributed by atoms with van der Waals surface area (Å²) >= 11 is 11.6. The molecule has 2 rings (SSSR count). The Labute approximate surface area is 135 Å². The number of carbonyl (C=O) groups excluding carboxylic acids is 1. The largest absolute Gasteiger partial charge is 0.490 e. The second-order valence-corrected chi connectivity index (χ2v) is 4.95. The highest BCUT2D eigenvalue weighted by atomic mass is 35.5. The number of nitrogens with zero attached hydrogens (tertiary/aromatic N) is 1. The molecule has 0 amide bonds. The predicted octanol–water partition coefficient (Wildman–Crippen LogP) is 4.13. The van der Waals surface area contributed by atoms with E-state index in [1.165, 1.54) is 37.4 Å². The van der Waals surface area contributed by atoms with Gasteiger partial charge in [-0.05, 0) is 30.3 Å². The molecule has 0 bridgehead atoms. The molecule has 0 heterocycles. The maximum absolute atomic E-state index is 12.0. The monoisotopic (exact) mass is 341 g/mol. The molecule has 6 nitrogen and oxygen atoms in total. The molecule has 8 heteroatoms. The third-order valence-electron chi connectivity index (χ3n) is 2.71. The summed E-state index contributed by atoms with van der Waals surface area (Å²) in [5.41, 5.74) is -0.335. The van der Waals surface area contributed by atoms with Crippen LogP contribution in [-0.2, 0) is 0 Å². The summed E-state index contributed by atoms with van der Waals surface area (Å²) in [4.78, 5) is 22.3. The van der Waals surface area contributed by atoms with Crippen molar-refractivity contribution in [2.24, 2.45) is 0 Å². The Hall–Kier alpha value is -2.31. The molecular weight excluding hydrogens is 333 g/mol. The number of benzene rings is 2. The molecule has 0 saturated carbocycles. The molecule has 0 fully saturated rings. The summed E-state index contributed by atoms with van der Waals surface area (Å²) in [5, 5.41) is 11.5. The van der Waals surface area contributed by atoms with Crippen LogP contribution in [0.1, 0.15) is 10.4 Å². The van der Waals surface area contributed by atoms with Crippen LogP contribution in [0.5, 0.6) is 11.5 Å². The topological polar surface area (TPSA) is 78.7 Å². The lowest BCUT2D eigenvalue weighted by molar-refractivity contribution is -0.385. The Morgan fingerprint density at radius 3 is 2.41 bits per heavy atom. The second kappa shape index (κ2) is 6.64. The van der Waals surface area contributed by atoms with Gasteiger partial charge in [0, 0.05) is 11.1 Å². The number of halogens is 2. The first-order valence-corrected chi connectivity index (χ1v) is 6.67. The number of nitro benzene ring substituents is 1. The molecule has 2 aromatic rings. The molecule has 0 aliphatic heterocycles. The van der Waals surface area contributed by atoms with E-state index in [2.05, 4.69) is 0 Å². The van der Waals surface area contributed by atoms with Gasteiger partial charge in [0.05, 0.1) is 22.6 Å². The zero-order chi connectivity index (χ0) is 16.3. The Morgan fingerprint density at radius 1 is 1.14 bits per heavy atom. The summed E-state index contributed by atoms with van der Waals surface area (Å²) in [5.74, 6) is -0.629. The maximum atomic E-state index is 12.0. The lowest BCUT2D eigenvalue weighted by Crippen LogP contribution is -2.09. The van der Waals surface area contributed by atoms with Crippen molar-refractivity contribution in [3.8, 4) is 11.5 Å². The average Bonchev–Trinajstić information content (AvgIpc) is 2.49. The summed E-state index contributed by atoms with van der Waals surface area (Å²) in [6.45, 7) is 0. The Bertz CT molecular complexity index is 748. The molecule has 0 N–H and O–H groups in total. The molecule has 2 aromatic carbocycles. The van der Waals surface area contributed by atoms with Gasteiger partial charge in [-0.3, -0.25) is 10.1 Å². The van der Waals surface area contributed by atoms with Crippen LogP contribution in [0, 0.1) is 10.1 Å². The van der Waals surface area contributed by atoms with Crippen LogP contribution in [0.15, 0.2) is 36.4 Å². The number of carbonyl (C=O) groups is 1. The van der Waals surface area contributed by atoms with Gasteiger partial charge in [0.15, 0.2) is 5.75 Å². The maximum Gasteiger partial charge on any atom is 0.343 e. The normalized spacial score (nSPS) is 10.1. The molecule has 0 aliphatic rings. The zero-order valence-electron chi connectivity index (χ0n) is 11.2. The quantitative estimate of drug-likeness (QED) is 0.361. The van der Waals surface area contributed by atoms with Gasteiger partial charge in [-0.2, -0.15) is 0 Å². The van der Waals surface area contributed by atoms with Crippen LogP contribution < -0.4 is 9.47 Å². The van der Waals surface area contributed by atoms with E-state index in [9.17, 15) is 14.9 Å². The van der Waals surface area contributed by atoms with Gasteiger partial charge in [0.2, 0.25) is 0 Å². The molecule has 0 aromatic heterocycles.